The molecule has 25 heavy (non-hydrogen) atoms. The van der Waals surface area contributed by atoms with Crippen molar-refractivity contribution < 1.29 is 9.84 Å². The SMILES string of the molecule is O[C@H]1CCN(c2ccn(Cc3ccccc3)n2)C[C@H]1N1CCOCC1. The van der Waals surface area contributed by atoms with E-state index >= 15 is 0 Å². The molecule has 1 aromatic carbocycles. The second-order valence-corrected chi connectivity index (χ2v) is 6.87. The van der Waals surface area contributed by atoms with Gasteiger partial charge < -0.3 is 14.7 Å². The van der Waals surface area contributed by atoms with Gasteiger partial charge in [-0.15, -0.1) is 0 Å². The van der Waals surface area contributed by atoms with Crippen LogP contribution in [0.2, 0.25) is 0 Å². The van der Waals surface area contributed by atoms with E-state index in [1.165, 1.54) is 5.56 Å². The Morgan fingerprint density at radius 3 is 2.68 bits per heavy atom. The zero-order valence-corrected chi connectivity index (χ0v) is 14.5. The van der Waals surface area contributed by atoms with E-state index in [0.29, 0.717) is 0 Å². The fraction of sp³-hybridized carbons (Fsp3) is 0.526. The third kappa shape index (κ3) is 3.86. The Kier molecular flexibility index (Phi) is 5.01. The first kappa shape index (κ1) is 16.6. The zero-order chi connectivity index (χ0) is 17.1. The highest BCUT2D eigenvalue weighted by Crippen LogP contribution is 2.22. The Morgan fingerprint density at radius 2 is 1.88 bits per heavy atom. The topological polar surface area (TPSA) is 53.8 Å². The van der Waals surface area contributed by atoms with Crippen LogP contribution in [0.4, 0.5) is 5.82 Å². The van der Waals surface area contributed by atoms with E-state index in [9.17, 15) is 5.11 Å². The minimum Gasteiger partial charge on any atom is -0.391 e. The van der Waals surface area contributed by atoms with Gasteiger partial charge in [-0.05, 0) is 12.0 Å². The number of piperidine rings is 1. The smallest absolute Gasteiger partial charge is 0.150 e. The number of ether oxygens (including phenoxy) is 1. The molecule has 6 heteroatoms. The number of anilines is 1. The van der Waals surface area contributed by atoms with Gasteiger partial charge in [0, 0.05) is 38.4 Å². The molecule has 2 aliphatic heterocycles. The number of aliphatic hydroxyl groups is 1. The van der Waals surface area contributed by atoms with Crippen LogP contribution in [0.5, 0.6) is 0 Å². The summed E-state index contributed by atoms with van der Waals surface area (Å²) in [5, 5.41) is 15.2. The van der Waals surface area contributed by atoms with Crippen LogP contribution in [-0.4, -0.2) is 71.3 Å². The first-order valence-electron chi connectivity index (χ1n) is 9.12. The summed E-state index contributed by atoms with van der Waals surface area (Å²) < 4.78 is 7.43. The summed E-state index contributed by atoms with van der Waals surface area (Å²) in [5.41, 5.74) is 1.25. The van der Waals surface area contributed by atoms with Crippen molar-refractivity contribution in [2.75, 3.05) is 44.3 Å². The molecule has 4 rings (SSSR count). The van der Waals surface area contributed by atoms with E-state index < -0.39 is 0 Å². The lowest BCUT2D eigenvalue weighted by atomic mass is 10.00. The van der Waals surface area contributed by atoms with Gasteiger partial charge in [-0.25, -0.2) is 0 Å². The standard InChI is InChI=1S/C19H26N4O2/c24-18-6-8-22(15-17(18)21-10-12-25-13-11-21)19-7-9-23(20-19)14-16-4-2-1-3-5-16/h1-5,7,9,17-18,24H,6,8,10-15H2/t17-,18+/m1/s1. The van der Waals surface area contributed by atoms with E-state index in [-0.39, 0.29) is 12.1 Å². The van der Waals surface area contributed by atoms with Crippen molar-refractivity contribution in [3.63, 3.8) is 0 Å². The Balaban J connectivity index is 1.43. The minimum atomic E-state index is -0.263. The molecule has 2 aromatic rings. The lowest BCUT2D eigenvalue weighted by Crippen LogP contribution is -2.58. The van der Waals surface area contributed by atoms with Gasteiger partial charge in [0.05, 0.1) is 31.9 Å². The van der Waals surface area contributed by atoms with Gasteiger partial charge in [0.2, 0.25) is 0 Å². The van der Waals surface area contributed by atoms with Crippen LogP contribution in [-0.2, 0) is 11.3 Å². The molecule has 3 heterocycles. The maximum Gasteiger partial charge on any atom is 0.150 e. The summed E-state index contributed by atoms with van der Waals surface area (Å²) in [6, 6.07) is 12.6. The van der Waals surface area contributed by atoms with Crippen molar-refractivity contribution in [2.24, 2.45) is 0 Å². The van der Waals surface area contributed by atoms with Crippen LogP contribution in [0, 0.1) is 0 Å². The summed E-state index contributed by atoms with van der Waals surface area (Å²) in [4.78, 5) is 4.66. The van der Waals surface area contributed by atoms with Gasteiger partial charge in [-0.2, -0.15) is 5.10 Å². The number of nitrogens with zero attached hydrogens (tertiary/aromatic N) is 4. The first-order valence-corrected chi connectivity index (χ1v) is 9.12. The van der Waals surface area contributed by atoms with E-state index in [4.69, 9.17) is 9.84 Å². The summed E-state index contributed by atoms with van der Waals surface area (Å²) in [6.07, 6.45) is 2.56. The van der Waals surface area contributed by atoms with Gasteiger partial charge in [-0.3, -0.25) is 9.58 Å². The number of hydrogen-bond acceptors (Lipinski definition) is 5. The highest BCUT2D eigenvalue weighted by molar-refractivity contribution is 5.38. The predicted molar refractivity (Wildman–Crippen MR) is 96.8 cm³/mol. The summed E-state index contributed by atoms with van der Waals surface area (Å²) in [6.45, 7) is 5.78. The highest BCUT2D eigenvalue weighted by atomic mass is 16.5. The van der Waals surface area contributed by atoms with Gasteiger partial charge >= 0.3 is 0 Å². The normalized spacial score (nSPS) is 25.2. The minimum absolute atomic E-state index is 0.164. The van der Waals surface area contributed by atoms with Crippen LogP contribution >= 0.6 is 0 Å². The number of hydrogen-bond donors (Lipinski definition) is 1. The molecule has 2 atom stereocenters. The number of rotatable bonds is 4. The van der Waals surface area contributed by atoms with Crippen molar-refractivity contribution in [1.82, 2.24) is 14.7 Å². The number of aliphatic hydroxyl groups excluding tert-OH is 1. The van der Waals surface area contributed by atoms with Crippen LogP contribution in [0.1, 0.15) is 12.0 Å². The average Bonchev–Trinajstić information content (AvgIpc) is 3.12. The maximum absolute atomic E-state index is 10.5. The molecular formula is C19H26N4O2. The molecule has 2 fully saturated rings. The average molecular weight is 342 g/mol. The molecule has 1 aromatic heterocycles. The van der Waals surface area contributed by atoms with E-state index in [1.807, 2.05) is 16.9 Å². The fourth-order valence-corrected chi connectivity index (χ4v) is 3.77. The van der Waals surface area contributed by atoms with Gasteiger partial charge in [0.15, 0.2) is 5.82 Å². The lowest BCUT2D eigenvalue weighted by Gasteiger charge is -2.43. The van der Waals surface area contributed by atoms with E-state index in [2.05, 4.69) is 40.1 Å². The Hall–Kier alpha value is -1.89. The molecular weight excluding hydrogens is 316 g/mol. The van der Waals surface area contributed by atoms with Crippen LogP contribution in [0.25, 0.3) is 0 Å². The van der Waals surface area contributed by atoms with Crippen molar-refractivity contribution in [3.8, 4) is 0 Å². The summed E-state index contributed by atoms with van der Waals surface area (Å²) in [7, 11) is 0. The Labute approximate surface area is 148 Å². The molecule has 0 saturated carbocycles. The van der Waals surface area contributed by atoms with Gasteiger partial charge in [-0.1, -0.05) is 30.3 Å². The van der Waals surface area contributed by atoms with E-state index in [0.717, 1.165) is 58.2 Å². The number of morpholine rings is 1. The number of benzene rings is 1. The van der Waals surface area contributed by atoms with Gasteiger partial charge in [0.1, 0.15) is 0 Å². The molecule has 0 unspecified atom stereocenters. The maximum atomic E-state index is 10.5. The predicted octanol–water partition coefficient (Wildman–Crippen LogP) is 1.20. The third-order valence-corrected chi connectivity index (χ3v) is 5.20. The quantitative estimate of drug-likeness (QED) is 0.905. The Morgan fingerprint density at radius 1 is 1.08 bits per heavy atom. The summed E-state index contributed by atoms with van der Waals surface area (Å²) in [5.74, 6) is 1.00. The second-order valence-electron chi connectivity index (χ2n) is 6.87. The molecule has 1 N–H and O–H groups in total. The van der Waals surface area contributed by atoms with Crippen molar-refractivity contribution in [3.05, 3.63) is 48.2 Å². The van der Waals surface area contributed by atoms with Crippen molar-refractivity contribution in [2.45, 2.75) is 25.1 Å². The molecule has 2 saturated heterocycles. The highest BCUT2D eigenvalue weighted by Gasteiger charge is 2.33. The summed E-state index contributed by atoms with van der Waals surface area (Å²) >= 11 is 0. The molecule has 6 nitrogen and oxygen atoms in total. The molecule has 0 spiro atoms. The molecule has 0 aliphatic carbocycles. The molecule has 2 aliphatic rings. The zero-order valence-electron chi connectivity index (χ0n) is 14.5. The van der Waals surface area contributed by atoms with Gasteiger partial charge in [0.25, 0.3) is 0 Å². The van der Waals surface area contributed by atoms with Crippen molar-refractivity contribution >= 4 is 5.82 Å². The van der Waals surface area contributed by atoms with Crippen LogP contribution in [0.15, 0.2) is 42.6 Å². The Bertz CT molecular complexity index is 669. The largest absolute Gasteiger partial charge is 0.391 e. The number of aromatic nitrogens is 2. The molecule has 134 valence electrons. The lowest BCUT2D eigenvalue weighted by molar-refractivity contribution is -0.0267. The van der Waals surface area contributed by atoms with Crippen LogP contribution in [0.3, 0.4) is 0 Å². The van der Waals surface area contributed by atoms with Crippen LogP contribution < -0.4 is 4.90 Å². The van der Waals surface area contributed by atoms with Crippen molar-refractivity contribution in [1.29, 1.82) is 0 Å². The monoisotopic (exact) mass is 342 g/mol. The molecule has 0 bridgehead atoms. The molecule has 0 radical (unpaired) electrons. The fourth-order valence-electron chi connectivity index (χ4n) is 3.77. The third-order valence-electron chi connectivity index (χ3n) is 5.20. The molecule has 0 amide bonds. The van der Waals surface area contributed by atoms with E-state index in [1.54, 1.807) is 0 Å². The first-order chi connectivity index (χ1) is 12.3. The second kappa shape index (κ2) is 7.56.